The van der Waals surface area contributed by atoms with Crippen molar-refractivity contribution in [2.45, 2.75) is 18.4 Å². The van der Waals surface area contributed by atoms with Crippen molar-refractivity contribution in [1.29, 1.82) is 0 Å². The number of benzene rings is 2. The van der Waals surface area contributed by atoms with E-state index in [0.717, 1.165) is 15.6 Å². The molecule has 0 spiro atoms. The van der Waals surface area contributed by atoms with Gasteiger partial charge in [-0.25, -0.2) is 8.42 Å². The summed E-state index contributed by atoms with van der Waals surface area (Å²) in [7, 11) is 2.74. The third-order valence-electron chi connectivity index (χ3n) is 4.98. The second-order valence-corrected chi connectivity index (χ2v) is 9.86. The predicted octanol–water partition coefficient (Wildman–Crippen LogP) is 1.78. The Labute approximate surface area is 194 Å². The molecule has 0 aliphatic carbocycles. The number of carbonyl (C=O) groups excluding carboxylic acids is 3. The van der Waals surface area contributed by atoms with E-state index in [1.54, 1.807) is 7.05 Å². The van der Waals surface area contributed by atoms with Crippen LogP contribution in [0.1, 0.15) is 22.8 Å². The summed E-state index contributed by atoms with van der Waals surface area (Å²) in [5.74, 6) is -1.44. The van der Waals surface area contributed by atoms with Crippen molar-refractivity contribution in [3.05, 3.63) is 59.7 Å². The molecule has 178 valence electrons. The Balaban J connectivity index is 1.87. The van der Waals surface area contributed by atoms with E-state index in [2.05, 4.69) is 0 Å². The van der Waals surface area contributed by atoms with Gasteiger partial charge in [-0.15, -0.1) is 0 Å². The van der Waals surface area contributed by atoms with E-state index in [0.29, 0.717) is 12.1 Å². The molecule has 0 unspecified atom stereocenters. The van der Waals surface area contributed by atoms with Gasteiger partial charge >= 0.3 is 5.97 Å². The molecule has 0 aliphatic rings. The maximum Gasteiger partial charge on any atom is 0.321 e. The van der Waals surface area contributed by atoms with Crippen LogP contribution in [0.2, 0.25) is 0 Å². The molecular weight excluding hydrogens is 446 g/mol. The lowest BCUT2D eigenvalue weighted by molar-refractivity contribution is -0.151. The summed E-state index contributed by atoms with van der Waals surface area (Å²) < 4.78 is 31.0. The van der Waals surface area contributed by atoms with Crippen LogP contribution in [0.15, 0.2) is 53.4 Å². The van der Waals surface area contributed by atoms with Crippen LogP contribution < -0.4 is 4.90 Å². The summed E-state index contributed by atoms with van der Waals surface area (Å²) in [5, 5.41) is 0. The zero-order valence-electron chi connectivity index (χ0n) is 19.4. The number of Topliss-reactive ketones (excluding diaryl/α,β-unsaturated/α-hetero) is 1. The number of likely N-dealkylation sites (N-methyl/N-ethyl adjacent to an activating group) is 2. The second-order valence-electron chi connectivity index (χ2n) is 7.81. The summed E-state index contributed by atoms with van der Waals surface area (Å²) in [6.07, 6.45) is 0. The summed E-state index contributed by atoms with van der Waals surface area (Å²) in [6, 6.07) is 13.1. The average molecular weight is 476 g/mol. The lowest BCUT2D eigenvalue weighted by Crippen LogP contribution is -2.35. The van der Waals surface area contributed by atoms with Gasteiger partial charge in [0.2, 0.25) is 10.0 Å². The van der Waals surface area contributed by atoms with Crippen LogP contribution in [0.25, 0.3) is 0 Å². The highest BCUT2D eigenvalue weighted by Gasteiger charge is 2.24. The lowest BCUT2D eigenvalue weighted by atomic mass is 10.2. The standard InChI is InChI=1S/C23H29N3O6S/c1-17(27)19-8-12-21(13-9-19)33(30,31)26(5)15-23(29)32-16-22(28)25(4)14-18-6-10-20(11-7-18)24(2)3/h6-13H,14-16H2,1-5H3. The fraction of sp³-hybridized carbons (Fsp3) is 0.348. The highest BCUT2D eigenvalue weighted by Crippen LogP contribution is 2.16. The quantitative estimate of drug-likeness (QED) is 0.381. The second kappa shape index (κ2) is 11.1. The van der Waals surface area contributed by atoms with Crippen molar-refractivity contribution in [2.75, 3.05) is 46.2 Å². The predicted molar refractivity (Wildman–Crippen MR) is 124 cm³/mol. The van der Waals surface area contributed by atoms with Crippen LogP contribution >= 0.6 is 0 Å². The zero-order chi connectivity index (χ0) is 24.8. The molecule has 0 saturated carbocycles. The van der Waals surface area contributed by atoms with Crippen molar-refractivity contribution in [3.63, 3.8) is 0 Å². The molecule has 0 radical (unpaired) electrons. The minimum atomic E-state index is -3.96. The highest BCUT2D eigenvalue weighted by atomic mass is 32.2. The number of rotatable bonds is 10. The van der Waals surface area contributed by atoms with Crippen molar-refractivity contribution < 1.29 is 27.5 Å². The number of carbonyl (C=O) groups is 3. The number of nitrogens with zero attached hydrogens (tertiary/aromatic N) is 3. The Hall–Kier alpha value is -3.24. The molecule has 2 aromatic carbocycles. The first-order valence-electron chi connectivity index (χ1n) is 10.1. The van der Waals surface area contributed by atoms with Crippen molar-refractivity contribution in [2.24, 2.45) is 0 Å². The summed E-state index contributed by atoms with van der Waals surface area (Å²) in [6.45, 7) is 0.672. The fourth-order valence-corrected chi connectivity index (χ4v) is 3.98. The van der Waals surface area contributed by atoms with Gasteiger partial charge in [-0.05, 0) is 36.8 Å². The number of amides is 1. The Bertz CT molecular complexity index is 1100. The normalized spacial score (nSPS) is 11.2. The van der Waals surface area contributed by atoms with Gasteiger partial charge in [0.25, 0.3) is 5.91 Å². The Kier molecular flexibility index (Phi) is 8.72. The van der Waals surface area contributed by atoms with Gasteiger partial charge in [0.15, 0.2) is 12.4 Å². The molecule has 9 nitrogen and oxygen atoms in total. The zero-order valence-corrected chi connectivity index (χ0v) is 20.3. The highest BCUT2D eigenvalue weighted by molar-refractivity contribution is 7.89. The van der Waals surface area contributed by atoms with E-state index in [4.69, 9.17) is 4.74 Å². The third-order valence-corrected chi connectivity index (χ3v) is 6.79. The monoisotopic (exact) mass is 475 g/mol. The molecular formula is C23H29N3O6S. The van der Waals surface area contributed by atoms with Crippen molar-refractivity contribution in [1.82, 2.24) is 9.21 Å². The summed E-state index contributed by atoms with van der Waals surface area (Å²) >= 11 is 0. The summed E-state index contributed by atoms with van der Waals surface area (Å²) in [4.78, 5) is 39.1. The smallest absolute Gasteiger partial charge is 0.321 e. The molecule has 33 heavy (non-hydrogen) atoms. The van der Waals surface area contributed by atoms with E-state index < -0.39 is 35.1 Å². The molecule has 0 N–H and O–H groups in total. The van der Waals surface area contributed by atoms with E-state index in [1.807, 2.05) is 43.3 Å². The average Bonchev–Trinajstić information content (AvgIpc) is 2.77. The van der Waals surface area contributed by atoms with Gasteiger partial charge in [0.1, 0.15) is 6.54 Å². The lowest BCUT2D eigenvalue weighted by Gasteiger charge is -2.19. The molecule has 0 fully saturated rings. The van der Waals surface area contributed by atoms with Gasteiger partial charge in [-0.1, -0.05) is 24.3 Å². The van der Waals surface area contributed by atoms with Crippen LogP contribution in [0.3, 0.4) is 0 Å². The number of ether oxygens (including phenoxy) is 1. The number of ketones is 1. The molecule has 2 aromatic rings. The fourth-order valence-electron chi connectivity index (χ4n) is 2.87. The van der Waals surface area contributed by atoms with Crippen LogP contribution in [-0.4, -0.2) is 76.6 Å². The maximum absolute atomic E-state index is 12.6. The van der Waals surface area contributed by atoms with Crippen LogP contribution in [0.4, 0.5) is 5.69 Å². The van der Waals surface area contributed by atoms with Gasteiger partial charge < -0.3 is 14.5 Å². The first-order chi connectivity index (χ1) is 15.4. The topological polar surface area (TPSA) is 104 Å². The Morgan fingerprint density at radius 2 is 1.45 bits per heavy atom. The Morgan fingerprint density at radius 3 is 1.97 bits per heavy atom. The van der Waals surface area contributed by atoms with E-state index in [9.17, 15) is 22.8 Å². The Morgan fingerprint density at radius 1 is 0.879 bits per heavy atom. The summed E-state index contributed by atoms with van der Waals surface area (Å²) in [5.41, 5.74) is 2.34. The molecule has 0 heterocycles. The first kappa shape index (κ1) is 26.0. The number of esters is 1. The molecule has 1 amide bonds. The van der Waals surface area contributed by atoms with Crippen LogP contribution in [0, 0.1) is 0 Å². The third kappa shape index (κ3) is 7.13. The van der Waals surface area contributed by atoms with Gasteiger partial charge in [-0.3, -0.25) is 14.4 Å². The van der Waals surface area contributed by atoms with Crippen molar-refractivity contribution >= 4 is 33.4 Å². The minimum absolute atomic E-state index is 0.0566. The molecule has 10 heteroatoms. The van der Waals surface area contributed by atoms with Crippen LogP contribution in [-0.2, 0) is 30.9 Å². The largest absolute Gasteiger partial charge is 0.455 e. The molecule has 0 aliphatic heterocycles. The van der Waals surface area contributed by atoms with E-state index in [-0.39, 0.29) is 10.7 Å². The first-order valence-corrected chi connectivity index (χ1v) is 11.6. The molecule has 0 aromatic heterocycles. The molecule has 0 bridgehead atoms. The number of sulfonamides is 1. The number of anilines is 1. The minimum Gasteiger partial charge on any atom is -0.455 e. The van der Waals surface area contributed by atoms with Gasteiger partial charge in [-0.2, -0.15) is 4.31 Å². The van der Waals surface area contributed by atoms with E-state index in [1.165, 1.54) is 43.1 Å². The van der Waals surface area contributed by atoms with Crippen LogP contribution in [0.5, 0.6) is 0 Å². The molecule has 2 rings (SSSR count). The molecule has 0 atom stereocenters. The van der Waals surface area contributed by atoms with Crippen molar-refractivity contribution in [3.8, 4) is 0 Å². The van der Waals surface area contributed by atoms with Gasteiger partial charge in [0, 0.05) is 46.0 Å². The number of hydrogen-bond acceptors (Lipinski definition) is 7. The van der Waals surface area contributed by atoms with E-state index >= 15 is 0 Å². The maximum atomic E-state index is 12.6. The molecule has 0 saturated heterocycles. The SMILES string of the molecule is CC(=O)c1ccc(S(=O)(=O)N(C)CC(=O)OCC(=O)N(C)Cc2ccc(N(C)C)cc2)cc1. The number of hydrogen-bond donors (Lipinski definition) is 0. The van der Waals surface area contributed by atoms with Gasteiger partial charge in [0.05, 0.1) is 4.90 Å².